The molecule has 0 amide bonds. The molecule has 0 radical (unpaired) electrons. The number of carboxylic acids is 1. The monoisotopic (exact) mass is 170 g/mol. The Labute approximate surface area is 72.0 Å². The van der Waals surface area contributed by atoms with Gasteiger partial charge in [-0.1, -0.05) is 12.2 Å². The summed E-state index contributed by atoms with van der Waals surface area (Å²) in [6.07, 6.45) is 5.68. The zero-order valence-corrected chi connectivity index (χ0v) is 6.94. The van der Waals surface area contributed by atoms with Crippen molar-refractivity contribution in [2.75, 3.05) is 6.61 Å². The Morgan fingerprint density at radius 3 is 2.67 bits per heavy atom. The normalized spacial score (nSPS) is 13.1. The van der Waals surface area contributed by atoms with Gasteiger partial charge in [-0.3, -0.25) is 0 Å². The second-order valence-corrected chi connectivity index (χ2v) is 2.49. The first-order valence-corrected chi connectivity index (χ1v) is 3.83. The van der Waals surface area contributed by atoms with Gasteiger partial charge in [0.05, 0.1) is 0 Å². The Kier molecular flexibility index (Phi) is 6.01. The van der Waals surface area contributed by atoms with Gasteiger partial charge in [0.15, 0.2) is 0 Å². The summed E-state index contributed by atoms with van der Waals surface area (Å²) in [5.74, 6) is -0.870. The fourth-order valence-electron chi connectivity index (χ4n) is 0.891. The molecule has 0 fully saturated rings. The van der Waals surface area contributed by atoms with E-state index in [1.807, 2.05) is 0 Å². The van der Waals surface area contributed by atoms with E-state index < -0.39 is 5.97 Å². The second kappa shape index (κ2) is 6.61. The molecule has 12 heavy (non-hydrogen) atoms. The number of aliphatic hydroxyl groups is 1. The average Bonchev–Trinajstić information content (AvgIpc) is 2.01. The first-order chi connectivity index (χ1) is 5.70. The van der Waals surface area contributed by atoms with E-state index in [4.69, 9.17) is 10.2 Å². The summed E-state index contributed by atoms with van der Waals surface area (Å²) in [4.78, 5) is 10.1. The van der Waals surface area contributed by atoms with Gasteiger partial charge in [0.1, 0.15) is 0 Å². The van der Waals surface area contributed by atoms with Crippen molar-refractivity contribution in [1.82, 2.24) is 0 Å². The van der Waals surface area contributed by atoms with Crippen LogP contribution in [-0.2, 0) is 4.79 Å². The van der Waals surface area contributed by atoms with E-state index in [2.05, 4.69) is 6.58 Å². The maximum atomic E-state index is 10.1. The summed E-state index contributed by atoms with van der Waals surface area (Å²) >= 11 is 0. The van der Waals surface area contributed by atoms with Gasteiger partial charge in [-0.25, -0.2) is 4.79 Å². The molecule has 0 spiro atoms. The third-order valence-corrected chi connectivity index (χ3v) is 1.48. The van der Waals surface area contributed by atoms with Crippen LogP contribution in [0.3, 0.4) is 0 Å². The number of aliphatic hydroxyl groups excluding tert-OH is 1. The fourth-order valence-corrected chi connectivity index (χ4v) is 0.891. The highest BCUT2D eigenvalue weighted by Crippen LogP contribution is 2.09. The van der Waals surface area contributed by atoms with Gasteiger partial charge in [-0.15, -0.1) is 6.58 Å². The number of carboxylic acid groups (broad SMARTS) is 1. The van der Waals surface area contributed by atoms with Crippen LogP contribution in [0.25, 0.3) is 0 Å². The first kappa shape index (κ1) is 10.9. The standard InChI is InChI=1S/C9H14O3/c1-2-3-8(6-7-10)4-5-9(11)12/h2,4-5,8,10H,1,3,6-7H2,(H,11,12)/b5-4+. The molecule has 0 aliphatic heterocycles. The van der Waals surface area contributed by atoms with E-state index in [1.165, 1.54) is 0 Å². The van der Waals surface area contributed by atoms with Crippen molar-refractivity contribution in [3.8, 4) is 0 Å². The van der Waals surface area contributed by atoms with E-state index in [0.717, 1.165) is 6.08 Å². The maximum absolute atomic E-state index is 10.1. The van der Waals surface area contributed by atoms with Crippen molar-refractivity contribution in [1.29, 1.82) is 0 Å². The Morgan fingerprint density at radius 2 is 2.25 bits per heavy atom. The number of rotatable bonds is 6. The molecule has 0 saturated heterocycles. The van der Waals surface area contributed by atoms with Crippen molar-refractivity contribution in [3.05, 3.63) is 24.8 Å². The smallest absolute Gasteiger partial charge is 0.327 e. The van der Waals surface area contributed by atoms with Crippen LogP contribution >= 0.6 is 0 Å². The van der Waals surface area contributed by atoms with Gasteiger partial charge in [0, 0.05) is 12.7 Å². The van der Waals surface area contributed by atoms with Crippen LogP contribution in [0.4, 0.5) is 0 Å². The summed E-state index contributed by atoms with van der Waals surface area (Å²) in [6.45, 7) is 3.62. The highest BCUT2D eigenvalue weighted by atomic mass is 16.4. The summed E-state index contributed by atoms with van der Waals surface area (Å²) in [5, 5.41) is 16.9. The Balaban J connectivity index is 3.92. The fraction of sp³-hybridized carbons (Fsp3) is 0.444. The molecule has 0 rings (SSSR count). The minimum Gasteiger partial charge on any atom is -0.478 e. The van der Waals surface area contributed by atoms with E-state index >= 15 is 0 Å². The molecule has 68 valence electrons. The lowest BCUT2D eigenvalue weighted by Gasteiger charge is -2.06. The van der Waals surface area contributed by atoms with Gasteiger partial charge in [-0.2, -0.15) is 0 Å². The molecule has 0 heterocycles. The molecular weight excluding hydrogens is 156 g/mol. The molecule has 1 unspecified atom stereocenters. The van der Waals surface area contributed by atoms with Crippen molar-refractivity contribution in [3.63, 3.8) is 0 Å². The van der Waals surface area contributed by atoms with E-state index in [1.54, 1.807) is 12.2 Å². The molecule has 0 aromatic rings. The summed E-state index contributed by atoms with van der Waals surface area (Å²) in [5.41, 5.74) is 0. The van der Waals surface area contributed by atoms with Crippen molar-refractivity contribution in [2.24, 2.45) is 5.92 Å². The number of hydrogen-bond donors (Lipinski definition) is 2. The summed E-state index contributed by atoms with van der Waals surface area (Å²) < 4.78 is 0. The average molecular weight is 170 g/mol. The van der Waals surface area contributed by atoms with Crippen LogP contribution in [0.5, 0.6) is 0 Å². The molecule has 0 aliphatic carbocycles. The Morgan fingerprint density at radius 1 is 1.58 bits per heavy atom. The number of allylic oxidation sites excluding steroid dienone is 2. The third kappa shape index (κ3) is 5.68. The van der Waals surface area contributed by atoms with Crippen LogP contribution in [0.1, 0.15) is 12.8 Å². The van der Waals surface area contributed by atoms with Crippen LogP contribution in [-0.4, -0.2) is 22.8 Å². The molecule has 0 aromatic heterocycles. The number of carbonyl (C=O) groups is 1. The molecule has 3 heteroatoms. The lowest BCUT2D eigenvalue weighted by atomic mass is 10.0. The molecule has 1 atom stereocenters. The van der Waals surface area contributed by atoms with Crippen LogP contribution in [0.2, 0.25) is 0 Å². The minimum atomic E-state index is -0.956. The Bertz CT molecular complexity index is 173. The van der Waals surface area contributed by atoms with Gasteiger partial charge < -0.3 is 10.2 Å². The van der Waals surface area contributed by atoms with Crippen molar-refractivity contribution >= 4 is 5.97 Å². The van der Waals surface area contributed by atoms with Crippen molar-refractivity contribution < 1.29 is 15.0 Å². The molecule has 0 bridgehead atoms. The number of aliphatic carboxylic acids is 1. The highest BCUT2D eigenvalue weighted by molar-refractivity contribution is 5.79. The van der Waals surface area contributed by atoms with Gasteiger partial charge in [-0.05, 0) is 18.8 Å². The second-order valence-electron chi connectivity index (χ2n) is 2.49. The van der Waals surface area contributed by atoms with Gasteiger partial charge in [0.2, 0.25) is 0 Å². The maximum Gasteiger partial charge on any atom is 0.327 e. The lowest BCUT2D eigenvalue weighted by molar-refractivity contribution is -0.131. The minimum absolute atomic E-state index is 0.0719. The SMILES string of the molecule is C=CCC(/C=C/C(=O)O)CCO. The highest BCUT2D eigenvalue weighted by Gasteiger charge is 2.01. The van der Waals surface area contributed by atoms with E-state index in [0.29, 0.717) is 12.8 Å². The molecule has 0 aliphatic rings. The van der Waals surface area contributed by atoms with Crippen LogP contribution in [0.15, 0.2) is 24.8 Å². The predicted octanol–water partition coefficient (Wildman–Crippen LogP) is 1.20. The predicted molar refractivity (Wildman–Crippen MR) is 46.8 cm³/mol. The molecule has 2 N–H and O–H groups in total. The topological polar surface area (TPSA) is 57.5 Å². The quantitative estimate of drug-likeness (QED) is 0.465. The van der Waals surface area contributed by atoms with Gasteiger partial charge >= 0.3 is 5.97 Å². The molecule has 3 nitrogen and oxygen atoms in total. The first-order valence-electron chi connectivity index (χ1n) is 3.83. The van der Waals surface area contributed by atoms with Crippen LogP contribution in [0, 0.1) is 5.92 Å². The van der Waals surface area contributed by atoms with Crippen LogP contribution < -0.4 is 0 Å². The lowest BCUT2D eigenvalue weighted by Crippen LogP contribution is -1.99. The number of hydrogen-bond acceptors (Lipinski definition) is 2. The zero-order chi connectivity index (χ0) is 9.40. The zero-order valence-electron chi connectivity index (χ0n) is 6.94. The molecule has 0 aromatic carbocycles. The third-order valence-electron chi connectivity index (χ3n) is 1.48. The molecule has 0 saturated carbocycles. The van der Waals surface area contributed by atoms with Crippen molar-refractivity contribution in [2.45, 2.75) is 12.8 Å². The van der Waals surface area contributed by atoms with Gasteiger partial charge in [0.25, 0.3) is 0 Å². The summed E-state index contributed by atoms with van der Waals surface area (Å²) in [7, 11) is 0. The Hall–Kier alpha value is -1.09. The van der Waals surface area contributed by atoms with E-state index in [9.17, 15) is 4.79 Å². The molecular formula is C9H14O3. The summed E-state index contributed by atoms with van der Waals surface area (Å²) in [6, 6.07) is 0. The van der Waals surface area contributed by atoms with E-state index in [-0.39, 0.29) is 12.5 Å². The largest absolute Gasteiger partial charge is 0.478 e.